The fourth-order valence-electron chi connectivity index (χ4n) is 2.04. The molecule has 3 aromatic rings. The molecular formula is C16H17N3OS. The standard InChI is InChI=1S/C16H17N3OS/c1-11-3-5-13(6-4-11)20-9-12(2)19-15-14-7-8-21-16(14)18-10-17-15/h3-8,10,12H,9H2,1-2H3,(H,17,18,19). The number of nitrogens with one attached hydrogen (secondary N) is 1. The summed E-state index contributed by atoms with van der Waals surface area (Å²) in [5, 5.41) is 6.47. The summed E-state index contributed by atoms with van der Waals surface area (Å²) in [4.78, 5) is 9.56. The molecule has 2 heterocycles. The van der Waals surface area contributed by atoms with Crippen LogP contribution in [0.15, 0.2) is 42.0 Å². The summed E-state index contributed by atoms with van der Waals surface area (Å²) in [6.45, 7) is 4.72. The number of hydrogen-bond acceptors (Lipinski definition) is 5. The van der Waals surface area contributed by atoms with Crippen LogP contribution in [0.5, 0.6) is 5.75 Å². The van der Waals surface area contributed by atoms with E-state index in [1.807, 2.05) is 35.7 Å². The molecule has 1 unspecified atom stereocenters. The number of aryl methyl sites for hydroxylation is 1. The fourth-order valence-corrected chi connectivity index (χ4v) is 2.77. The van der Waals surface area contributed by atoms with Gasteiger partial charge in [-0.3, -0.25) is 0 Å². The topological polar surface area (TPSA) is 47.0 Å². The van der Waals surface area contributed by atoms with Crippen molar-refractivity contribution in [3.63, 3.8) is 0 Å². The molecule has 5 heteroatoms. The molecule has 0 bridgehead atoms. The first-order valence-electron chi connectivity index (χ1n) is 6.86. The Kier molecular flexibility index (Phi) is 4.01. The zero-order valence-corrected chi connectivity index (χ0v) is 12.9. The van der Waals surface area contributed by atoms with Crippen molar-refractivity contribution in [2.24, 2.45) is 0 Å². The summed E-state index contributed by atoms with van der Waals surface area (Å²) in [6.07, 6.45) is 1.59. The maximum absolute atomic E-state index is 5.79. The predicted octanol–water partition coefficient (Wildman–Crippen LogP) is 3.88. The van der Waals surface area contributed by atoms with Crippen LogP contribution >= 0.6 is 11.3 Å². The highest BCUT2D eigenvalue weighted by molar-refractivity contribution is 7.16. The van der Waals surface area contributed by atoms with E-state index in [1.54, 1.807) is 17.7 Å². The molecule has 21 heavy (non-hydrogen) atoms. The Bertz CT molecular complexity index is 724. The Morgan fingerprint density at radius 2 is 2.00 bits per heavy atom. The van der Waals surface area contributed by atoms with Crippen molar-refractivity contribution < 1.29 is 4.74 Å². The molecule has 1 atom stereocenters. The first-order chi connectivity index (χ1) is 10.2. The number of fused-ring (bicyclic) bond motifs is 1. The third-order valence-electron chi connectivity index (χ3n) is 3.17. The Hall–Kier alpha value is -2.14. The van der Waals surface area contributed by atoms with E-state index in [0.29, 0.717) is 6.61 Å². The quantitative estimate of drug-likeness (QED) is 0.776. The number of rotatable bonds is 5. The van der Waals surface area contributed by atoms with Crippen molar-refractivity contribution in [3.8, 4) is 5.75 Å². The van der Waals surface area contributed by atoms with Crippen molar-refractivity contribution in [2.45, 2.75) is 19.9 Å². The molecule has 4 nitrogen and oxygen atoms in total. The molecule has 0 aliphatic carbocycles. The Morgan fingerprint density at radius 1 is 1.19 bits per heavy atom. The van der Waals surface area contributed by atoms with Gasteiger partial charge in [-0.2, -0.15) is 0 Å². The van der Waals surface area contributed by atoms with Crippen LogP contribution in [0.4, 0.5) is 5.82 Å². The van der Waals surface area contributed by atoms with Crippen molar-refractivity contribution in [2.75, 3.05) is 11.9 Å². The molecule has 0 radical (unpaired) electrons. The van der Waals surface area contributed by atoms with Crippen LogP contribution in [0.2, 0.25) is 0 Å². The highest BCUT2D eigenvalue weighted by Gasteiger charge is 2.08. The van der Waals surface area contributed by atoms with Crippen LogP contribution in [-0.4, -0.2) is 22.6 Å². The number of hydrogen-bond donors (Lipinski definition) is 1. The van der Waals surface area contributed by atoms with Gasteiger partial charge >= 0.3 is 0 Å². The van der Waals surface area contributed by atoms with Gasteiger partial charge in [-0.05, 0) is 37.4 Å². The molecule has 0 aliphatic heterocycles. The molecule has 2 aromatic heterocycles. The van der Waals surface area contributed by atoms with E-state index in [2.05, 4.69) is 29.1 Å². The molecule has 0 saturated heterocycles. The molecule has 1 N–H and O–H groups in total. The third kappa shape index (κ3) is 3.31. The Labute approximate surface area is 127 Å². The number of anilines is 1. The van der Waals surface area contributed by atoms with Gasteiger partial charge in [0.2, 0.25) is 0 Å². The smallest absolute Gasteiger partial charge is 0.138 e. The SMILES string of the molecule is Cc1ccc(OCC(C)Nc2ncnc3sccc23)cc1. The molecule has 0 fully saturated rings. The molecule has 3 rings (SSSR count). The summed E-state index contributed by atoms with van der Waals surface area (Å²) < 4.78 is 5.79. The summed E-state index contributed by atoms with van der Waals surface area (Å²) in [7, 11) is 0. The van der Waals surface area contributed by atoms with E-state index in [9.17, 15) is 0 Å². The van der Waals surface area contributed by atoms with Gasteiger partial charge in [0.1, 0.15) is 29.3 Å². The lowest BCUT2D eigenvalue weighted by atomic mass is 10.2. The van der Waals surface area contributed by atoms with Gasteiger partial charge in [0.05, 0.1) is 11.4 Å². The molecule has 108 valence electrons. The van der Waals surface area contributed by atoms with E-state index in [-0.39, 0.29) is 6.04 Å². The predicted molar refractivity (Wildman–Crippen MR) is 87.2 cm³/mol. The maximum atomic E-state index is 5.79. The van der Waals surface area contributed by atoms with E-state index in [0.717, 1.165) is 21.8 Å². The van der Waals surface area contributed by atoms with Crippen LogP contribution in [0.25, 0.3) is 10.2 Å². The fraction of sp³-hybridized carbons (Fsp3) is 0.250. The van der Waals surface area contributed by atoms with E-state index in [1.165, 1.54) is 5.56 Å². The van der Waals surface area contributed by atoms with Crippen LogP contribution in [0, 0.1) is 6.92 Å². The zero-order chi connectivity index (χ0) is 14.7. The van der Waals surface area contributed by atoms with Gasteiger partial charge in [0.25, 0.3) is 0 Å². The molecular weight excluding hydrogens is 282 g/mol. The van der Waals surface area contributed by atoms with Crippen molar-refractivity contribution in [3.05, 3.63) is 47.6 Å². The van der Waals surface area contributed by atoms with Crippen LogP contribution in [-0.2, 0) is 0 Å². The second-order valence-electron chi connectivity index (χ2n) is 5.03. The average molecular weight is 299 g/mol. The largest absolute Gasteiger partial charge is 0.491 e. The Morgan fingerprint density at radius 3 is 2.81 bits per heavy atom. The lowest BCUT2D eigenvalue weighted by molar-refractivity contribution is 0.304. The maximum Gasteiger partial charge on any atom is 0.138 e. The number of benzene rings is 1. The van der Waals surface area contributed by atoms with Gasteiger partial charge < -0.3 is 10.1 Å². The van der Waals surface area contributed by atoms with Crippen LogP contribution in [0.3, 0.4) is 0 Å². The van der Waals surface area contributed by atoms with Gasteiger partial charge in [-0.15, -0.1) is 11.3 Å². The number of nitrogens with zero attached hydrogens (tertiary/aromatic N) is 2. The number of ether oxygens (including phenoxy) is 1. The monoisotopic (exact) mass is 299 g/mol. The normalized spacial score (nSPS) is 12.3. The molecule has 0 aliphatic rings. The summed E-state index contributed by atoms with van der Waals surface area (Å²) in [5.41, 5.74) is 1.23. The lowest BCUT2D eigenvalue weighted by Gasteiger charge is -2.16. The minimum Gasteiger partial charge on any atom is -0.491 e. The van der Waals surface area contributed by atoms with E-state index in [4.69, 9.17) is 4.74 Å². The molecule has 0 saturated carbocycles. The van der Waals surface area contributed by atoms with Gasteiger partial charge in [-0.1, -0.05) is 17.7 Å². The van der Waals surface area contributed by atoms with E-state index >= 15 is 0 Å². The number of aromatic nitrogens is 2. The Balaban J connectivity index is 1.62. The highest BCUT2D eigenvalue weighted by Crippen LogP contribution is 2.24. The number of thiophene rings is 1. The van der Waals surface area contributed by atoms with Crippen molar-refractivity contribution in [1.82, 2.24) is 9.97 Å². The molecule has 1 aromatic carbocycles. The average Bonchev–Trinajstić information content (AvgIpc) is 2.96. The van der Waals surface area contributed by atoms with E-state index < -0.39 is 0 Å². The summed E-state index contributed by atoms with van der Waals surface area (Å²) >= 11 is 1.62. The van der Waals surface area contributed by atoms with Crippen molar-refractivity contribution in [1.29, 1.82) is 0 Å². The summed E-state index contributed by atoms with van der Waals surface area (Å²) in [5.74, 6) is 1.75. The highest BCUT2D eigenvalue weighted by atomic mass is 32.1. The van der Waals surface area contributed by atoms with Crippen LogP contribution in [0.1, 0.15) is 12.5 Å². The molecule has 0 amide bonds. The second-order valence-corrected chi connectivity index (χ2v) is 5.93. The van der Waals surface area contributed by atoms with Gasteiger partial charge in [0, 0.05) is 0 Å². The van der Waals surface area contributed by atoms with Gasteiger partial charge in [-0.25, -0.2) is 9.97 Å². The first-order valence-corrected chi connectivity index (χ1v) is 7.74. The second kappa shape index (κ2) is 6.10. The first kappa shape index (κ1) is 13.8. The minimum absolute atomic E-state index is 0.157. The third-order valence-corrected chi connectivity index (χ3v) is 3.99. The zero-order valence-electron chi connectivity index (χ0n) is 12.0. The van der Waals surface area contributed by atoms with Crippen LogP contribution < -0.4 is 10.1 Å². The van der Waals surface area contributed by atoms with Gasteiger partial charge in [0.15, 0.2) is 0 Å². The lowest BCUT2D eigenvalue weighted by Crippen LogP contribution is -2.24. The van der Waals surface area contributed by atoms with Crippen molar-refractivity contribution >= 4 is 27.4 Å². The minimum atomic E-state index is 0.157. The summed E-state index contributed by atoms with van der Waals surface area (Å²) in [6, 6.07) is 10.3. The molecule has 0 spiro atoms.